The number of rotatable bonds is 5. The summed E-state index contributed by atoms with van der Waals surface area (Å²) in [6.07, 6.45) is 7.09. The van der Waals surface area contributed by atoms with Crippen molar-refractivity contribution in [3.63, 3.8) is 0 Å². The van der Waals surface area contributed by atoms with Gasteiger partial charge in [0.1, 0.15) is 5.52 Å². The molecular formula is C22H21Cl2N7O. The number of aromatic amines is 1. The molecule has 1 fully saturated rings. The van der Waals surface area contributed by atoms with Gasteiger partial charge in [-0.3, -0.25) is 19.4 Å². The first-order valence-electron chi connectivity index (χ1n) is 10.4. The molecule has 1 aliphatic heterocycles. The molecule has 32 heavy (non-hydrogen) atoms. The first-order valence-corrected chi connectivity index (χ1v) is 11.1. The first-order chi connectivity index (χ1) is 15.6. The summed E-state index contributed by atoms with van der Waals surface area (Å²) in [7, 11) is 0. The molecule has 10 heteroatoms. The fourth-order valence-electron chi connectivity index (χ4n) is 4.08. The molecular weight excluding hydrogens is 449 g/mol. The molecule has 0 atom stereocenters. The van der Waals surface area contributed by atoms with E-state index >= 15 is 0 Å². The second-order valence-electron chi connectivity index (χ2n) is 7.77. The van der Waals surface area contributed by atoms with Gasteiger partial charge in [-0.2, -0.15) is 5.10 Å². The van der Waals surface area contributed by atoms with Gasteiger partial charge in [0.25, 0.3) is 5.56 Å². The third kappa shape index (κ3) is 4.16. The largest absolute Gasteiger partial charge is 0.370 e. The van der Waals surface area contributed by atoms with E-state index in [-0.39, 0.29) is 11.6 Å². The van der Waals surface area contributed by atoms with E-state index in [9.17, 15) is 4.79 Å². The van der Waals surface area contributed by atoms with Crippen molar-refractivity contribution >= 4 is 45.9 Å². The highest BCUT2D eigenvalue weighted by molar-refractivity contribution is 6.42. The van der Waals surface area contributed by atoms with Crippen molar-refractivity contribution in [2.24, 2.45) is 0 Å². The minimum atomic E-state index is -0.209. The lowest BCUT2D eigenvalue weighted by molar-refractivity contribution is 0.375. The van der Waals surface area contributed by atoms with Crippen LogP contribution in [0.2, 0.25) is 10.0 Å². The van der Waals surface area contributed by atoms with Gasteiger partial charge in [-0.25, -0.2) is 4.98 Å². The van der Waals surface area contributed by atoms with Crippen LogP contribution in [0.25, 0.3) is 11.0 Å². The SMILES string of the molecule is O=c1[nH]c(NCc2ccc(Cl)c(Cl)c2)nc2cnn(C3CCN(c4cccnc4)CC3)c12. The molecule has 0 bridgehead atoms. The fourth-order valence-corrected chi connectivity index (χ4v) is 4.40. The fraction of sp³-hybridized carbons (Fsp3) is 0.273. The highest BCUT2D eigenvalue weighted by Gasteiger charge is 2.24. The molecule has 8 nitrogen and oxygen atoms in total. The number of anilines is 2. The number of nitrogens with one attached hydrogen (secondary N) is 2. The number of nitrogens with zero attached hydrogens (tertiary/aromatic N) is 5. The smallest absolute Gasteiger partial charge is 0.278 e. The Bertz CT molecular complexity index is 1300. The number of H-pyrrole nitrogens is 1. The maximum Gasteiger partial charge on any atom is 0.278 e. The molecule has 1 aromatic carbocycles. The van der Waals surface area contributed by atoms with Crippen LogP contribution in [-0.4, -0.2) is 37.8 Å². The van der Waals surface area contributed by atoms with Crippen LogP contribution in [0.3, 0.4) is 0 Å². The van der Waals surface area contributed by atoms with Crippen LogP contribution >= 0.6 is 23.2 Å². The minimum absolute atomic E-state index is 0.151. The number of benzene rings is 1. The molecule has 2 N–H and O–H groups in total. The lowest BCUT2D eigenvalue weighted by atomic mass is 10.0. The average Bonchev–Trinajstić information content (AvgIpc) is 3.25. The number of piperidine rings is 1. The molecule has 0 saturated carbocycles. The number of hydrogen-bond donors (Lipinski definition) is 2. The van der Waals surface area contributed by atoms with Crippen LogP contribution < -0.4 is 15.8 Å². The van der Waals surface area contributed by atoms with Gasteiger partial charge in [0, 0.05) is 25.8 Å². The molecule has 1 saturated heterocycles. The quantitative estimate of drug-likeness (QED) is 0.453. The van der Waals surface area contributed by atoms with Gasteiger partial charge in [0.15, 0.2) is 5.52 Å². The Morgan fingerprint density at radius 1 is 1.12 bits per heavy atom. The van der Waals surface area contributed by atoms with Crippen molar-refractivity contribution in [2.45, 2.75) is 25.4 Å². The molecule has 4 heterocycles. The maximum absolute atomic E-state index is 12.9. The Balaban J connectivity index is 1.31. The van der Waals surface area contributed by atoms with Crippen LogP contribution in [-0.2, 0) is 6.54 Å². The number of hydrogen-bond acceptors (Lipinski definition) is 6. The lowest BCUT2D eigenvalue weighted by Crippen LogP contribution is -2.35. The van der Waals surface area contributed by atoms with Crippen molar-refractivity contribution in [1.29, 1.82) is 0 Å². The Hall–Kier alpha value is -3.10. The van der Waals surface area contributed by atoms with Gasteiger partial charge in [-0.05, 0) is 42.7 Å². The minimum Gasteiger partial charge on any atom is -0.370 e. The number of pyridine rings is 1. The standard InChI is InChI=1S/C22H21Cl2N7O/c23-17-4-3-14(10-18(17)24)11-26-22-28-19-13-27-31(20(19)21(32)29-22)15-5-8-30(9-6-15)16-2-1-7-25-12-16/h1-4,7,10,12-13,15H,5-6,8-9,11H2,(H2,26,28,29,32). The summed E-state index contributed by atoms with van der Waals surface area (Å²) in [5.74, 6) is 0.388. The van der Waals surface area contributed by atoms with Gasteiger partial charge in [0.2, 0.25) is 5.95 Å². The zero-order chi connectivity index (χ0) is 22.1. The maximum atomic E-state index is 12.9. The Labute approximate surface area is 194 Å². The summed E-state index contributed by atoms with van der Waals surface area (Å²) >= 11 is 12.0. The third-order valence-corrected chi connectivity index (χ3v) is 6.46. The summed E-state index contributed by atoms with van der Waals surface area (Å²) in [4.78, 5) is 26.7. The normalized spacial score (nSPS) is 14.8. The van der Waals surface area contributed by atoms with Gasteiger partial charge in [-0.15, -0.1) is 0 Å². The van der Waals surface area contributed by atoms with Crippen molar-refractivity contribution in [3.8, 4) is 0 Å². The molecule has 0 unspecified atom stereocenters. The molecule has 164 valence electrons. The summed E-state index contributed by atoms with van der Waals surface area (Å²) < 4.78 is 1.82. The molecule has 4 aromatic rings. The Morgan fingerprint density at radius 3 is 2.72 bits per heavy atom. The Morgan fingerprint density at radius 2 is 1.97 bits per heavy atom. The highest BCUT2D eigenvalue weighted by Crippen LogP contribution is 2.27. The summed E-state index contributed by atoms with van der Waals surface area (Å²) in [6.45, 7) is 2.21. The van der Waals surface area contributed by atoms with Crippen LogP contribution in [0.5, 0.6) is 0 Å². The van der Waals surface area contributed by atoms with Crippen LogP contribution in [0.4, 0.5) is 11.6 Å². The van der Waals surface area contributed by atoms with Gasteiger partial charge < -0.3 is 10.2 Å². The zero-order valence-corrected chi connectivity index (χ0v) is 18.6. The Kier molecular flexibility index (Phi) is 5.71. The van der Waals surface area contributed by atoms with Crippen LogP contribution in [0.15, 0.2) is 53.7 Å². The molecule has 0 spiro atoms. The molecule has 5 rings (SSSR count). The monoisotopic (exact) mass is 469 g/mol. The number of aromatic nitrogens is 5. The van der Waals surface area contributed by atoms with E-state index in [0.717, 1.165) is 37.2 Å². The summed E-state index contributed by atoms with van der Waals surface area (Å²) in [5.41, 5.74) is 2.91. The third-order valence-electron chi connectivity index (χ3n) is 5.72. The van der Waals surface area contributed by atoms with Gasteiger partial charge in [0.05, 0.1) is 34.2 Å². The van der Waals surface area contributed by atoms with E-state index in [1.165, 1.54) is 0 Å². The van der Waals surface area contributed by atoms with Crippen molar-refractivity contribution in [2.75, 3.05) is 23.3 Å². The molecule has 1 aliphatic rings. The van der Waals surface area contributed by atoms with E-state index in [4.69, 9.17) is 23.2 Å². The molecule has 0 amide bonds. The second kappa shape index (κ2) is 8.80. The predicted molar refractivity (Wildman–Crippen MR) is 127 cm³/mol. The summed E-state index contributed by atoms with van der Waals surface area (Å²) in [6, 6.07) is 9.55. The lowest BCUT2D eigenvalue weighted by Gasteiger charge is -2.33. The summed E-state index contributed by atoms with van der Waals surface area (Å²) in [5, 5.41) is 8.62. The van der Waals surface area contributed by atoms with Gasteiger partial charge >= 0.3 is 0 Å². The predicted octanol–water partition coefficient (Wildman–Crippen LogP) is 4.28. The molecule has 0 aliphatic carbocycles. The van der Waals surface area contributed by atoms with Crippen LogP contribution in [0, 0.1) is 0 Å². The average molecular weight is 470 g/mol. The van der Waals surface area contributed by atoms with Crippen LogP contribution in [0.1, 0.15) is 24.4 Å². The van der Waals surface area contributed by atoms with Gasteiger partial charge in [-0.1, -0.05) is 29.3 Å². The van der Waals surface area contributed by atoms with E-state index < -0.39 is 0 Å². The van der Waals surface area contributed by atoms with E-state index in [2.05, 4.69) is 36.3 Å². The van der Waals surface area contributed by atoms with Crippen molar-refractivity contribution < 1.29 is 0 Å². The van der Waals surface area contributed by atoms with E-state index in [1.54, 1.807) is 24.5 Å². The molecule has 3 aromatic heterocycles. The van der Waals surface area contributed by atoms with Crippen molar-refractivity contribution in [3.05, 3.63) is 74.9 Å². The van der Waals surface area contributed by atoms with E-state index in [0.29, 0.717) is 33.6 Å². The van der Waals surface area contributed by atoms with E-state index in [1.807, 2.05) is 23.0 Å². The first kappa shape index (κ1) is 20.8. The topological polar surface area (TPSA) is 91.7 Å². The van der Waals surface area contributed by atoms with Crippen molar-refractivity contribution in [1.82, 2.24) is 24.7 Å². The highest BCUT2D eigenvalue weighted by atomic mass is 35.5. The number of fused-ring (bicyclic) bond motifs is 1. The number of halogens is 2. The molecule has 0 radical (unpaired) electrons. The zero-order valence-electron chi connectivity index (χ0n) is 17.1. The second-order valence-corrected chi connectivity index (χ2v) is 8.58.